The number of terminal acetylenes is 1. The molecule has 1 aliphatic carbocycles. The van der Waals surface area contributed by atoms with Gasteiger partial charge in [-0.3, -0.25) is 9.59 Å². The molecule has 140 valence electrons. The fourth-order valence-electron chi connectivity index (χ4n) is 3.76. The third-order valence-corrected chi connectivity index (χ3v) is 5.07. The summed E-state index contributed by atoms with van der Waals surface area (Å²) in [6.07, 6.45) is 11.3. The van der Waals surface area contributed by atoms with Crippen molar-refractivity contribution in [3.63, 3.8) is 0 Å². The van der Waals surface area contributed by atoms with Crippen LogP contribution < -0.4 is 0 Å². The summed E-state index contributed by atoms with van der Waals surface area (Å²) in [6.45, 7) is 0.00540. The standard InChI is InChI=1S/C22H22FNO3/c1-2-21(26)24(15-17-10-7-13-27-17)22(18-11-5-6-12-19(18)23)20(25)14-16-8-3-4-9-16/h1,5-7,10-13,16,22H,3-4,8-9,14-15H2. The van der Waals surface area contributed by atoms with Crippen LogP contribution in [0.4, 0.5) is 4.39 Å². The number of Topliss-reactive ketones (excluding diaryl/α,β-unsaturated/α-hetero) is 1. The molecule has 1 aliphatic rings. The Morgan fingerprint density at radius 1 is 1.22 bits per heavy atom. The summed E-state index contributed by atoms with van der Waals surface area (Å²) in [5, 5.41) is 0. The maximum absolute atomic E-state index is 14.6. The highest BCUT2D eigenvalue weighted by Crippen LogP contribution is 2.33. The first-order valence-corrected chi connectivity index (χ1v) is 9.17. The number of halogens is 1. The van der Waals surface area contributed by atoms with E-state index in [2.05, 4.69) is 5.92 Å². The second-order valence-corrected chi connectivity index (χ2v) is 6.90. The zero-order valence-corrected chi connectivity index (χ0v) is 15.1. The van der Waals surface area contributed by atoms with Crippen molar-refractivity contribution in [2.24, 2.45) is 5.92 Å². The Bertz CT molecular complexity index is 831. The Labute approximate surface area is 158 Å². The van der Waals surface area contributed by atoms with Crippen molar-refractivity contribution in [2.45, 2.75) is 44.7 Å². The van der Waals surface area contributed by atoms with Crippen LogP contribution in [0.25, 0.3) is 0 Å². The highest BCUT2D eigenvalue weighted by atomic mass is 19.1. The molecule has 0 radical (unpaired) electrons. The first-order chi connectivity index (χ1) is 13.1. The van der Waals surface area contributed by atoms with Gasteiger partial charge in [0, 0.05) is 12.0 Å². The average Bonchev–Trinajstić information content (AvgIpc) is 3.36. The zero-order chi connectivity index (χ0) is 19.2. The fourth-order valence-corrected chi connectivity index (χ4v) is 3.76. The van der Waals surface area contributed by atoms with Crippen LogP contribution in [-0.2, 0) is 16.1 Å². The van der Waals surface area contributed by atoms with E-state index in [1.54, 1.807) is 24.3 Å². The molecule has 0 N–H and O–H groups in total. The van der Waals surface area contributed by atoms with E-state index < -0.39 is 17.8 Å². The first kappa shape index (κ1) is 18.9. The van der Waals surface area contributed by atoms with E-state index in [9.17, 15) is 14.0 Å². The van der Waals surface area contributed by atoms with Crippen molar-refractivity contribution < 1.29 is 18.4 Å². The highest BCUT2D eigenvalue weighted by Gasteiger charge is 2.34. The van der Waals surface area contributed by atoms with Crippen molar-refractivity contribution >= 4 is 11.7 Å². The minimum Gasteiger partial charge on any atom is -0.467 e. The largest absolute Gasteiger partial charge is 0.467 e. The zero-order valence-electron chi connectivity index (χ0n) is 15.1. The van der Waals surface area contributed by atoms with Crippen LogP contribution >= 0.6 is 0 Å². The topological polar surface area (TPSA) is 50.5 Å². The molecule has 2 aromatic rings. The van der Waals surface area contributed by atoms with Gasteiger partial charge in [0.1, 0.15) is 17.6 Å². The lowest BCUT2D eigenvalue weighted by Crippen LogP contribution is -2.38. The number of nitrogens with zero attached hydrogens (tertiary/aromatic N) is 1. The van der Waals surface area contributed by atoms with Gasteiger partial charge in [-0.05, 0) is 30.0 Å². The molecule has 0 bridgehead atoms. The van der Waals surface area contributed by atoms with E-state index >= 15 is 0 Å². The van der Waals surface area contributed by atoms with E-state index in [0.29, 0.717) is 12.2 Å². The van der Waals surface area contributed by atoms with Crippen molar-refractivity contribution in [1.29, 1.82) is 0 Å². The smallest absolute Gasteiger partial charge is 0.299 e. The van der Waals surface area contributed by atoms with Gasteiger partial charge in [0.25, 0.3) is 5.91 Å². The number of hydrogen-bond donors (Lipinski definition) is 0. The molecule has 1 aromatic heterocycles. The van der Waals surface area contributed by atoms with Gasteiger partial charge in [-0.2, -0.15) is 0 Å². The molecule has 3 rings (SSSR count). The molecule has 1 aromatic carbocycles. The second-order valence-electron chi connectivity index (χ2n) is 6.90. The van der Waals surface area contributed by atoms with Crippen LogP contribution in [0.3, 0.4) is 0 Å². The van der Waals surface area contributed by atoms with Gasteiger partial charge < -0.3 is 9.32 Å². The van der Waals surface area contributed by atoms with Gasteiger partial charge in [-0.15, -0.1) is 6.42 Å². The third kappa shape index (κ3) is 4.46. The van der Waals surface area contributed by atoms with Crippen molar-refractivity contribution in [3.8, 4) is 12.3 Å². The maximum atomic E-state index is 14.6. The van der Waals surface area contributed by atoms with Crippen LogP contribution in [0.1, 0.15) is 49.5 Å². The fraction of sp³-hybridized carbons (Fsp3) is 0.364. The number of hydrogen-bond acceptors (Lipinski definition) is 3. The van der Waals surface area contributed by atoms with Crippen LogP contribution in [0.15, 0.2) is 47.1 Å². The summed E-state index contributed by atoms with van der Waals surface area (Å²) in [4.78, 5) is 26.9. The third-order valence-electron chi connectivity index (χ3n) is 5.07. The molecule has 1 saturated carbocycles. The van der Waals surface area contributed by atoms with Crippen LogP contribution in [0, 0.1) is 24.1 Å². The molecule has 0 saturated heterocycles. The number of amides is 1. The van der Waals surface area contributed by atoms with Crippen LogP contribution in [0.2, 0.25) is 0 Å². The molecule has 1 fully saturated rings. The van der Waals surface area contributed by atoms with Crippen molar-refractivity contribution in [3.05, 3.63) is 59.8 Å². The Morgan fingerprint density at radius 3 is 2.59 bits per heavy atom. The van der Waals surface area contributed by atoms with Crippen molar-refractivity contribution in [1.82, 2.24) is 4.90 Å². The number of rotatable bonds is 7. The Hall–Kier alpha value is -2.87. The molecule has 5 heteroatoms. The molecular formula is C22H22FNO3. The summed E-state index contributed by atoms with van der Waals surface area (Å²) in [5.74, 6) is 1.43. The minimum atomic E-state index is -1.07. The number of carbonyl (C=O) groups excluding carboxylic acids is 2. The van der Waals surface area contributed by atoms with Gasteiger partial charge >= 0.3 is 0 Å². The van der Waals surface area contributed by atoms with E-state index in [4.69, 9.17) is 10.8 Å². The second kappa shape index (κ2) is 8.68. The Kier molecular flexibility index (Phi) is 6.08. The SMILES string of the molecule is C#CC(=O)N(Cc1ccco1)C(C(=O)CC1CCCC1)c1ccccc1F. The summed E-state index contributed by atoms with van der Waals surface area (Å²) in [7, 11) is 0. The summed E-state index contributed by atoms with van der Waals surface area (Å²) in [5.41, 5.74) is 0.163. The molecular weight excluding hydrogens is 345 g/mol. The molecule has 27 heavy (non-hydrogen) atoms. The van der Waals surface area contributed by atoms with Gasteiger partial charge in [0.15, 0.2) is 5.78 Å². The number of ketones is 1. The normalized spacial score (nSPS) is 15.3. The van der Waals surface area contributed by atoms with Gasteiger partial charge in [-0.25, -0.2) is 4.39 Å². The van der Waals surface area contributed by atoms with Gasteiger partial charge in [0.05, 0.1) is 12.8 Å². The Morgan fingerprint density at radius 2 is 1.96 bits per heavy atom. The van der Waals surface area contributed by atoms with Gasteiger partial charge in [0.2, 0.25) is 0 Å². The molecule has 1 unspecified atom stereocenters. The molecule has 0 aliphatic heterocycles. The summed E-state index contributed by atoms with van der Waals surface area (Å²) >= 11 is 0. The highest BCUT2D eigenvalue weighted by molar-refractivity contribution is 5.97. The molecule has 1 atom stereocenters. The summed E-state index contributed by atoms with van der Waals surface area (Å²) in [6, 6.07) is 8.34. The molecule has 1 amide bonds. The van der Waals surface area contributed by atoms with E-state index in [0.717, 1.165) is 25.7 Å². The lowest BCUT2D eigenvalue weighted by Gasteiger charge is -2.30. The predicted molar refractivity (Wildman–Crippen MR) is 98.8 cm³/mol. The van der Waals surface area contributed by atoms with Gasteiger partial charge in [-0.1, -0.05) is 43.9 Å². The van der Waals surface area contributed by atoms with Crippen LogP contribution in [0.5, 0.6) is 0 Å². The average molecular weight is 367 g/mol. The molecule has 4 nitrogen and oxygen atoms in total. The maximum Gasteiger partial charge on any atom is 0.299 e. The van der Waals surface area contributed by atoms with Crippen LogP contribution in [-0.4, -0.2) is 16.6 Å². The molecule has 1 heterocycles. The van der Waals surface area contributed by atoms with E-state index in [1.165, 1.54) is 23.3 Å². The lowest BCUT2D eigenvalue weighted by molar-refractivity contribution is -0.137. The number of benzene rings is 1. The quantitative estimate of drug-likeness (QED) is 0.687. The Balaban J connectivity index is 1.97. The minimum absolute atomic E-state index is 0.00540. The summed E-state index contributed by atoms with van der Waals surface area (Å²) < 4.78 is 19.9. The van der Waals surface area contributed by atoms with Crippen molar-refractivity contribution in [2.75, 3.05) is 0 Å². The predicted octanol–water partition coefficient (Wildman–Crippen LogP) is 4.27. The number of carbonyl (C=O) groups is 2. The molecule has 0 spiro atoms. The first-order valence-electron chi connectivity index (χ1n) is 9.17. The number of furan rings is 1. The monoisotopic (exact) mass is 367 g/mol. The lowest BCUT2D eigenvalue weighted by atomic mass is 9.92. The van der Waals surface area contributed by atoms with E-state index in [1.807, 2.05) is 0 Å². The van der Waals surface area contributed by atoms with E-state index in [-0.39, 0.29) is 23.8 Å².